The maximum atomic E-state index is 11.6. The first kappa shape index (κ1) is 13.9. The van der Waals surface area contributed by atoms with Gasteiger partial charge in [0.2, 0.25) is 5.91 Å². The smallest absolute Gasteiger partial charge is 0.230 e. The fraction of sp³-hybridized carbons (Fsp3) is 0.267. The van der Waals surface area contributed by atoms with Gasteiger partial charge in [0.05, 0.1) is 12.4 Å². The topological polar surface area (TPSA) is 38.3 Å². The molecule has 1 amide bonds. The first-order valence-electron chi connectivity index (χ1n) is 6.17. The van der Waals surface area contributed by atoms with E-state index >= 15 is 0 Å². The molecule has 0 bridgehead atoms. The van der Waals surface area contributed by atoms with E-state index < -0.39 is 0 Å². The number of fused-ring (bicyclic) bond motifs is 1. The molecular formula is C15H17NO2S. The molecule has 3 nitrogen and oxygen atoms in total. The van der Waals surface area contributed by atoms with Gasteiger partial charge in [-0.25, -0.2) is 0 Å². The number of carbonyl (C=O) groups excluding carboxylic acids is 1. The van der Waals surface area contributed by atoms with Crippen LogP contribution in [0, 0.1) is 0 Å². The number of benzene rings is 2. The van der Waals surface area contributed by atoms with Gasteiger partial charge >= 0.3 is 0 Å². The van der Waals surface area contributed by atoms with Crippen molar-refractivity contribution in [1.29, 1.82) is 0 Å². The Morgan fingerprint density at radius 3 is 2.79 bits per heavy atom. The Labute approximate surface area is 117 Å². The molecule has 0 heterocycles. The standard InChI is InChI=1S/C15H17NO2S/c1-18-9-8-16-15(17)11-19-14-7-6-12-4-2-3-5-13(12)10-14/h2-7,10H,8-9,11H2,1H3,(H,16,17). The molecule has 2 rings (SSSR count). The highest BCUT2D eigenvalue weighted by Gasteiger charge is 2.02. The summed E-state index contributed by atoms with van der Waals surface area (Å²) in [5.41, 5.74) is 0. The second-order valence-corrected chi connectivity index (χ2v) is 5.19. The Hall–Kier alpha value is -1.52. The van der Waals surface area contributed by atoms with Gasteiger partial charge in [0.15, 0.2) is 0 Å². The van der Waals surface area contributed by atoms with Gasteiger partial charge < -0.3 is 10.1 Å². The lowest BCUT2D eigenvalue weighted by atomic mass is 10.1. The van der Waals surface area contributed by atoms with E-state index in [0.717, 1.165) is 4.90 Å². The fourth-order valence-electron chi connectivity index (χ4n) is 1.75. The number of hydrogen-bond acceptors (Lipinski definition) is 3. The van der Waals surface area contributed by atoms with Gasteiger partial charge in [0.1, 0.15) is 0 Å². The van der Waals surface area contributed by atoms with E-state index in [1.54, 1.807) is 18.9 Å². The minimum Gasteiger partial charge on any atom is -0.383 e. The summed E-state index contributed by atoms with van der Waals surface area (Å²) in [6.45, 7) is 1.11. The van der Waals surface area contributed by atoms with Crippen molar-refractivity contribution in [3.05, 3.63) is 42.5 Å². The Morgan fingerprint density at radius 1 is 1.21 bits per heavy atom. The molecule has 100 valence electrons. The van der Waals surface area contributed by atoms with E-state index in [0.29, 0.717) is 18.9 Å². The normalized spacial score (nSPS) is 10.6. The second kappa shape index (κ2) is 7.16. The first-order valence-corrected chi connectivity index (χ1v) is 7.15. The van der Waals surface area contributed by atoms with Crippen LogP contribution in [0.2, 0.25) is 0 Å². The zero-order chi connectivity index (χ0) is 13.5. The molecule has 1 N–H and O–H groups in total. The van der Waals surface area contributed by atoms with Gasteiger partial charge in [-0.05, 0) is 22.9 Å². The predicted octanol–water partition coefficient (Wildman–Crippen LogP) is 2.69. The molecule has 2 aromatic carbocycles. The second-order valence-electron chi connectivity index (χ2n) is 4.14. The Kier molecular flexibility index (Phi) is 5.24. The maximum absolute atomic E-state index is 11.6. The third-order valence-electron chi connectivity index (χ3n) is 2.72. The molecule has 0 fully saturated rings. The highest BCUT2D eigenvalue weighted by molar-refractivity contribution is 8.00. The van der Waals surface area contributed by atoms with Gasteiger partial charge in [-0.3, -0.25) is 4.79 Å². The first-order chi connectivity index (χ1) is 9.29. The predicted molar refractivity (Wildman–Crippen MR) is 79.6 cm³/mol. The fourth-order valence-corrected chi connectivity index (χ4v) is 2.52. The molecule has 0 saturated carbocycles. The lowest BCUT2D eigenvalue weighted by molar-refractivity contribution is -0.118. The third kappa shape index (κ3) is 4.26. The van der Waals surface area contributed by atoms with Crippen LogP contribution in [0.25, 0.3) is 10.8 Å². The number of hydrogen-bond donors (Lipinski definition) is 1. The lowest BCUT2D eigenvalue weighted by Crippen LogP contribution is -2.28. The van der Waals surface area contributed by atoms with Gasteiger partial charge in [-0.2, -0.15) is 0 Å². The summed E-state index contributed by atoms with van der Waals surface area (Å²) >= 11 is 1.55. The summed E-state index contributed by atoms with van der Waals surface area (Å²) < 4.78 is 4.88. The van der Waals surface area contributed by atoms with E-state index in [2.05, 4.69) is 35.6 Å². The third-order valence-corrected chi connectivity index (χ3v) is 3.71. The van der Waals surface area contributed by atoms with Crippen molar-refractivity contribution in [1.82, 2.24) is 5.32 Å². The van der Waals surface area contributed by atoms with Crippen molar-refractivity contribution in [3.63, 3.8) is 0 Å². The summed E-state index contributed by atoms with van der Waals surface area (Å²) in [6, 6.07) is 14.5. The van der Waals surface area contributed by atoms with Crippen LogP contribution < -0.4 is 5.32 Å². The molecule has 0 saturated heterocycles. The SMILES string of the molecule is COCCNC(=O)CSc1ccc2ccccc2c1. The molecule has 0 radical (unpaired) electrons. The van der Waals surface area contributed by atoms with Crippen molar-refractivity contribution in [3.8, 4) is 0 Å². The van der Waals surface area contributed by atoms with Crippen LogP contribution in [0.5, 0.6) is 0 Å². The summed E-state index contributed by atoms with van der Waals surface area (Å²) in [4.78, 5) is 12.7. The number of ether oxygens (including phenoxy) is 1. The van der Waals surface area contributed by atoms with Crippen LogP contribution in [0.4, 0.5) is 0 Å². The van der Waals surface area contributed by atoms with Crippen LogP contribution >= 0.6 is 11.8 Å². The van der Waals surface area contributed by atoms with E-state index in [1.807, 2.05) is 12.1 Å². The maximum Gasteiger partial charge on any atom is 0.230 e. The van der Waals surface area contributed by atoms with Gasteiger partial charge in [-0.1, -0.05) is 30.3 Å². The van der Waals surface area contributed by atoms with Crippen molar-refractivity contribution in [2.24, 2.45) is 0 Å². The summed E-state index contributed by atoms with van der Waals surface area (Å²) in [7, 11) is 1.62. The highest BCUT2D eigenvalue weighted by Crippen LogP contribution is 2.23. The molecule has 0 unspecified atom stereocenters. The average molecular weight is 275 g/mol. The minimum absolute atomic E-state index is 0.0372. The Morgan fingerprint density at radius 2 is 2.00 bits per heavy atom. The molecule has 0 spiro atoms. The van der Waals surface area contributed by atoms with Crippen molar-refractivity contribution >= 4 is 28.4 Å². The highest BCUT2D eigenvalue weighted by atomic mass is 32.2. The number of thioether (sulfide) groups is 1. The molecule has 2 aromatic rings. The number of nitrogens with one attached hydrogen (secondary N) is 1. The van der Waals surface area contributed by atoms with E-state index in [-0.39, 0.29) is 5.91 Å². The molecule has 0 aliphatic rings. The summed E-state index contributed by atoms with van der Waals surface area (Å²) in [6.07, 6.45) is 0. The van der Waals surface area contributed by atoms with Crippen LogP contribution in [0.3, 0.4) is 0 Å². The van der Waals surface area contributed by atoms with Gasteiger partial charge in [0, 0.05) is 18.6 Å². The zero-order valence-corrected chi connectivity index (χ0v) is 11.7. The molecule has 4 heteroatoms. The van der Waals surface area contributed by atoms with Crippen LogP contribution in [-0.4, -0.2) is 31.9 Å². The number of amides is 1. The molecule has 19 heavy (non-hydrogen) atoms. The monoisotopic (exact) mass is 275 g/mol. The molecule has 0 aliphatic carbocycles. The lowest BCUT2D eigenvalue weighted by Gasteiger charge is -2.05. The van der Waals surface area contributed by atoms with E-state index in [4.69, 9.17) is 4.74 Å². The van der Waals surface area contributed by atoms with Crippen molar-refractivity contribution in [2.75, 3.05) is 26.0 Å². The average Bonchev–Trinajstić information content (AvgIpc) is 2.45. The van der Waals surface area contributed by atoms with Crippen LogP contribution in [0.1, 0.15) is 0 Å². The number of rotatable bonds is 6. The summed E-state index contributed by atoms with van der Waals surface area (Å²) in [5.74, 6) is 0.470. The number of carbonyl (C=O) groups is 1. The Balaban J connectivity index is 1.89. The van der Waals surface area contributed by atoms with Crippen LogP contribution in [0.15, 0.2) is 47.4 Å². The number of methoxy groups -OCH3 is 1. The minimum atomic E-state index is 0.0372. The van der Waals surface area contributed by atoms with E-state index in [9.17, 15) is 4.79 Å². The molecule has 0 aliphatic heterocycles. The zero-order valence-electron chi connectivity index (χ0n) is 10.9. The quantitative estimate of drug-likeness (QED) is 0.650. The van der Waals surface area contributed by atoms with E-state index in [1.165, 1.54) is 10.8 Å². The molecular weight excluding hydrogens is 258 g/mol. The largest absolute Gasteiger partial charge is 0.383 e. The van der Waals surface area contributed by atoms with Gasteiger partial charge in [-0.15, -0.1) is 11.8 Å². The molecule has 0 atom stereocenters. The summed E-state index contributed by atoms with van der Waals surface area (Å²) in [5, 5.41) is 5.23. The van der Waals surface area contributed by atoms with Crippen LogP contribution in [-0.2, 0) is 9.53 Å². The van der Waals surface area contributed by atoms with Gasteiger partial charge in [0.25, 0.3) is 0 Å². The Bertz CT molecular complexity index is 557. The molecule has 0 aromatic heterocycles. The van der Waals surface area contributed by atoms with Crippen molar-refractivity contribution in [2.45, 2.75) is 4.90 Å². The van der Waals surface area contributed by atoms with Crippen molar-refractivity contribution < 1.29 is 9.53 Å².